The molecule has 3 unspecified atom stereocenters. The van der Waals surface area contributed by atoms with Crippen molar-refractivity contribution in [3.05, 3.63) is 36.5 Å². The summed E-state index contributed by atoms with van der Waals surface area (Å²) < 4.78 is 0. The zero-order valence-electron chi connectivity index (χ0n) is 31.9. The van der Waals surface area contributed by atoms with Crippen LogP contribution in [0.4, 0.5) is 0 Å². The number of unbranched alkanes of at least 4 members (excludes halogenated alkanes) is 24. The molecule has 0 rings (SSSR count). The highest BCUT2D eigenvalue weighted by atomic mass is 16.3. The van der Waals surface area contributed by atoms with E-state index in [1.54, 1.807) is 0 Å². The Balaban J connectivity index is 3.54. The van der Waals surface area contributed by atoms with Crippen molar-refractivity contribution in [2.45, 2.75) is 225 Å². The third-order valence-corrected chi connectivity index (χ3v) is 9.54. The average molecular weight is 676 g/mol. The maximum absolute atomic E-state index is 12.4. The molecule has 0 aromatic carbocycles. The first kappa shape index (κ1) is 46.6. The van der Waals surface area contributed by atoms with E-state index in [1.807, 2.05) is 13.0 Å². The predicted molar refractivity (Wildman–Crippen MR) is 208 cm³/mol. The van der Waals surface area contributed by atoms with Crippen molar-refractivity contribution in [3.63, 3.8) is 0 Å². The van der Waals surface area contributed by atoms with E-state index in [1.165, 1.54) is 135 Å². The summed E-state index contributed by atoms with van der Waals surface area (Å²) in [5.41, 5.74) is 0. The minimum Gasteiger partial charge on any atom is -0.394 e. The van der Waals surface area contributed by atoms with Gasteiger partial charge in [-0.1, -0.05) is 165 Å². The van der Waals surface area contributed by atoms with Crippen LogP contribution in [0.25, 0.3) is 0 Å². The number of nitrogens with one attached hydrogen (secondary N) is 1. The molecule has 282 valence electrons. The molecule has 4 N–H and O–H groups in total. The minimum atomic E-state index is -1.16. The molecule has 5 heteroatoms. The maximum Gasteiger partial charge on any atom is 0.220 e. The number of aliphatic hydroxyl groups excluding tert-OH is 3. The van der Waals surface area contributed by atoms with Gasteiger partial charge in [-0.25, -0.2) is 0 Å². The Hall–Kier alpha value is -1.43. The molecular formula is C43H81NO4. The summed E-state index contributed by atoms with van der Waals surface area (Å²) in [5, 5.41) is 33.2. The molecule has 0 aliphatic heterocycles. The third-order valence-electron chi connectivity index (χ3n) is 9.54. The maximum atomic E-state index is 12.4. The van der Waals surface area contributed by atoms with Gasteiger partial charge in [-0.05, 0) is 71.1 Å². The van der Waals surface area contributed by atoms with Crippen molar-refractivity contribution in [2.24, 2.45) is 0 Å². The fourth-order valence-electron chi connectivity index (χ4n) is 6.30. The number of allylic oxidation sites excluding steroid dienone is 6. The van der Waals surface area contributed by atoms with Gasteiger partial charge in [-0.2, -0.15) is 0 Å². The van der Waals surface area contributed by atoms with Crippen molar-refractivity contribution in [1.29, 1.82) is 0 Å². The summed E-state index contributed by atoms with van der Waals surface area (Å²) in [7, 11) is 0. The van der Waals surface area contributed by atoms with E-state index in [0.717, 1.165) is 44.9 Å². The first-order valence-electron chi connectivity index (χ1n) is 20.7. The lowest BCUT2D eigenvalue weighted by atomic mass is 10.0. The fourth-order valence-corrected chi connectivity index (χ4v) is 6.30. The lowest BCUT2D eigenvalue weighted by Crippen LogP contribution is -2.50. The summed E-state index contributed by atoms with van der Waals surface area (Å²) in [6, 6.07) is -0.830. The zero-order chi connectivity index (χ0) is 35.2. The van der Waals surface area contributed by atoms with Crippen molar-refractivity contribution < 1.29 is 20.1 Å². The number of rotatable bonds is 37. The monoisotopic (exact) mass is 676 g/mol. The zero-order valence-corrected chi connectivity index (χ0v) is 31.9. The molecule has 0 bridgehead atoms. The standard InChI is InChI=1S/C43H81NO4/c1-3-5-7-9-11-13-14-15-16-17-18-19-20-21-22-23-24-25-26-27-28-29-30-32-34-36-38-42(47)44-40(39-45)43(48)41(46)37-35-33-31-12-10-8-6-4-2/h4,6,12,21-22,31,40-41,43,45-46,48H,3,5,7-11,13-20,23-30,32-39H2,1-2H3,(H,44,47)/b6-4+,22-21-,31-12+. The molecule has 0 radical (unpaired) electrons. The highest BCUT2D eigenvalue weighted by Crippen LogP contribution is 2.15. The molecule has 0 saturated heterocycles. The first-order valence-corrected chi connectivity index (χ1v) is 20.7. The van der Waals surface area contributed by atoms with E-state index < -0.39 is 18.2 Å². The molecule has 0 aromatic heterocycles. The number of amides is 1. The molecule has 3 atom stereocenters. The Kier molecular flexibility index (Phi) is 37.2. The second kappa shape index (κ2) is 38.4. The van der Waals surface area contributed by atoms with Gasteiger partial charge in [0.05, 0.1) is 18.8 Å². The van der Waals surface area contributed by atoms with Crippen LogP contribution in [0.1, 0.15) is 206 Å². The van der Waals surface area contributed by atoms with E-state index >= 15 is 0 Å². The third kappa shape index (κ3) is 33.1. The number of hydrogen-bond acceptors (Lipinski definition) is 4. The Morgan fingerprint density at radius 1 is 0.542 bits per heavy atom. The van der Waals surface area contributed by atoms with Crippen LogP contribution in [0.15, 0.2) is 36.5 Å². The van der Waals surface area contributed by atoms with Gasteiger partial charge in [0.1, 0.15) is 6.10 Å². The van der Waals surface area contributed by atoms with Gasteiger partial charge in [0.15, 0.2) is 0 Å². The Labute approximate surface area is 298 Å². The molecular weight excluding hydrogens is 594 g/mol. The van der Waals surface area contributed by atoms with Gasteiger partial charge < -0.3 is 20.6 Å². The van der Waals surface area contributed by atoms with E-state index in [4.69, 9.17) is 0 Å². The summed E-state index contributed by atoms with van der Waals surface area (Å²) in [6.07, 6.45) is 47.2. The molecule has 0 aromatic rings. The van der Waals surface area contributed by atoms with Gasteiger partial charge in [0.25, 0.3) is 0 Å². The summed E-state index contributed by atoms with van der Waals surface area (Å²) in [4.78, 5) is 12.4. The SMILES string of the molecule is C/C=C/CC/C=C/CCCC(O)C(O)C(CO)NC(=O)CCCCCCCCCCCC/C=C\CCCCCCCCCCCCCC. The lowest BCUT2D eigenvalue weighted by Gasteiger charge is -2.26. The molecule has 0 saturated carbocycles. The van der Waals surface area contributed by atoms with E-state index in [-0.39, 0.29) is 12.5 Å². The van der Waals surface area contributed by atoms with Crippen LogP contribution in [-0.2, 0) is 4.79 Å². The van der Waals surface area contributed by atoms with E-state index in [2.05, 4.69) is 42.6 Å². The topological polar surface area (TPSA) is 89.8 Å². The number of carbonyl (C=O) groups is 1. The van der Waals surface area contributed by atoms with Crippen LogP contribution in [0.5, 0.6) is 0 Å². The summed E-state index contributed by atoms with van der Waals surface area (Å²) in [6.45, 7) is 3.92. The molecule has 0 heterocycles. The smallest absolute Gasteiger partial charge is 0.220 e. The molecule has 5 nitrogen and oxygen atoms in total. The minimum absolute atomic E-state index is 0.163. The van der Waals surface area contributed by atoms with Crippen molar-refractivity contribution >= 4 is 5.91 Å². The second-order valence-corrected chi connectivity index (χ2v) is 14.2. The number of carbonyl (C=O) groups excluding carboxylic acids is 1. The van der Waals surface area contributed by atoms with Crippen LogP contribution in [0, 0.1) is 0 Å². The quantitative estimate of drug-likeness (QED) is 0.0390. The summed E-state index contributed by atoms with van der Waals surface area (Å²) >= 11 is 0. The average Bonchev–Trinajstić information content (AvgIpc) is 3.09. The molecule has 48 heavy (non-hydrogen) atoms. The Bertz CT molecular complexity index is 749. The normalized spacial score (nSPS) is 14.0. The van der Waals surface area contributed by atoms with Crippen LogP contribution in [0.3, 0.4) is 0 Å². The van der Waals surface area contributed by atoms with Crippen molar-refractivity contribution in [1.82, 2.24) is 5.32 Å². The Morgan fingerprint density at radius 2 is 0.938 bits per heavy atom. The molecule has 0 spiro atoms. The van der Waals surface area contributed by atoms with Crippen molar-refractivity contribution in [2.75, 3.05) is 6.61 Å². The first-order chi connectivity index (χ1) is 23.6. The van der Waals surface area contributed by atoms with E-state index in [0.29, 0.717) is 12.8 Å². The highest BCUT2D eigenvalue weighted by molar-refractivity contribution is 5.76. The molecule has 1 amide bonds. The van der Waals surface area contributed by atoms with Gasteiger partial charge in [-0.3, -0.25) is 4.79 Å². The van der Waals surface area contributed by atoms with Crippen LogP contribution < -0.4 is 5.32 Å². The van der Waals surface area contributed by atoms with Gasteiger partial charge in [0.2, 0.25) is 5.91 Å². The van der Waals surface area contributed by atoms with Gasteiger partial charge in [0, 0.05) is 6.42 Å². The number of hydrogen-bond donors (Lipinski definition) is 4. The molecule has 0 aliphatic carbocycles. The Morgan fingerprint density at radius 3 is 1.40 bits per heavy atom. The predicted octanol–water partition coefficient (Wildman–Crippen LogP) is 11.6. The lowest BCUT2D eigenvalue weighted by molar-refractivity contribution is -0.124. The van der Waals surface area contributed by atoms with Crippen LogP contribution in [0.2, 0.25) is 0 Å². The summed E-state index contributed by atoms with van der Waals surface area (Å²) in [5.74, 6) is -0.163. The van der Waals surface area contributed by atoms with Crippen LogP contribution >= 0.6 is 0 Å². The fraction of sp³-hybridized carbons (Fsp3) is 0.837. The number of aliphatic hydroxyl groups is 3. The van der Waals surface area contributed by atoms with Crippen molar-refractivity contribution in [3.8, 4) is 0 Å². The second-order valence-electron chi connectivity index (χ2n) is 14.2. The molecule has 0 fully saturated rings. The largest absolute Gasteiger partial charge is 0.394 e. The van der Waals surface area contributed by atoms with Gasteiger partial charge in [-0.15, -0.1) is 0 Å². The highest BCUT2D eigenvalue weighted by Gasteiger charge is 2.26. The van der Waals surface area contributed by atoms with E-state index in [9.17, 15) is 20.1 Å². The van der Waals surface area contributed by atoms with Crippen LogP contribution in [-0.4, -0.2) is 46.1 Å². The van der Waals surface area contributed by atoms with Gasteiger partial charge >= 0.3 is 0 Å². The molecule has 0 aliphatic rings.